The summed E-state index contributed by atoms with van der Waals surface area (Å²) in [5.74, 6) is 0.444. The van der Waals surface area contributed by atoms with E-state index in [-0.39, 0.29) is 24.0 Å². The largest absolute Gasteiger partial charge is 0.379 e. The summed E-state index contributed by atoms with van der Waals surface area (Å²) in [4.78, 5) is 26.4. The molecule has 112 valence electrons. The number of hydrogen-bond donors (Lipinski definition) is 1. The molecular weight excluding hydrogens is 256 g/mol. The second kappa shape index (κ2) is 6.12. The summed E-state index contributed by atoms with van der Waals surface area (Å²) in [5.41, 5.74) is 0. The average molecular weight is 280 g/mol. The number of carbonyl (C=O) groups is 2. The Labute approximate surface area is 120 Å². The van der Waals surface area contributed by atoms with Gasteiger partial charge in [-0.25, -0.2) is 4.79 Å². The molecule has 20 heavy (non-hydrogen) atoms. The predicted octanol–water partition coefficient (Wildman–Crippen LogP) is 1.71. The molecule has 0 bridgehead atoms. The predicted molar refractivity (Wildman–Crippen MR) is 74.4 cm³/mol. The fourth-order valence-electron chi connectivity index (χ4n) is 3.78. The number of amides is 2. The highest BCUT2D eigenvalue weighted by Gasteiger charge is 2.39. The maximum Gasteiger partial charge on any atom is 0.317 e. The summed E-state index contributed by atoms with van der Waals surface area (Å²) < 4.78 is 5.30. The molecule has 1 saturated carbocycles. The van der Waals surface area contributed by atoms with Gasteiger partial charge in [0.15, 0.2) is 0 Å². The minimum Gasteiger partial charge on any atom is -0.379 e. The van der Waals surface area contributed by atoms with Gasteiger partial charge >= 0.3 is 6.03 Å². The molecule has 3 atom stereocenters. The number of nitrogens with zero attached hydrogens (tertiary/aromatic N) is 1. The van der Waals surface area contributed by atoms with Gasteiger partial charge < -0.3 is 15.0 Å². The van der Waals surface area contributed by atoms with E-state index in [0.29, 0.717) is 18.8 Å². The Hall–Kier alpha value is -1.10. The molecule has 0 aromatic heterocycles. The highest BCUT2D eigenvalue weighted by atomic mass is 16.5. The molecule has 0 radical (unpaired) electrons. The fraction of sp³-hybridized carbons (Fsp3) is 0.867. The van der Waals surface area contributed by atoms with E-state index in [0.717, 1.165) is 51.7 Å². The Morgan fingerprint density at radius 3 is 2.80 bits per heavy atom. The zero-order valence-electron chi connectivity index (χ0n) is 12.0. The van der Waals surface area contributed by atoms with Crippen molar-refractivity contribution in [3.63, 3.8) is 0 Å². The lowest BCUT2D eigenvalue weighted by Crippen LogP contribution is -2.54. The van der Waals surface area contributed by atoms with Crippen molar-refractivity contribution in [2.24, 2.45) is 5.92 Å². The van der Waals surface area contributed by atoms with E-state index in [1.54, 1.807) is 0 Å². The quantitative estimate of drug-likeness (QED) is 0.837. The first kappa shape index (κ1) is 13.9. The molecule has 0 aromatic carbocycles. The Bertz CT molecular complexity index is 379. The average Bonchev–Trinajstić information content (AvgIpc) is 3.10. The van der Waals surface area contributed by atoms with Gasteiger partial charge in [-0.1, -0.05) is 0 Å². The lowest BCUT2D eigenvalue weighted by Gasteiger charge is -2.39. The molecule has 3 aliphatic rings. The van der Waals surface area contributed by atoms with Crippen molar-refractivity contribution in [1.82, 2.24) is 10.2 Å². The number of nitrogens with one attached hydrogen (secondary N) is 1. The van der Waals surface area contributed by atoms with Crippen LogP contribution in [0.15, 0.2) is 0 Å². The summed E-state index contributed by atoms with van der Waals surface area (Å²) in [6.07, 6.45) is 6.70. The molecule has 1 aliphatic carbocycles. The number of ether oxygens (including phenoxy) is 1. The molecule has 3 unspecified atom stereocenters. The Balaban J connectivity index is 1.64. The van der Waals surface area contributed by atoms with Crippen molar-refractivity contribution >= 4 is 11.8 Å². The van der Waals surface area contributed by atoms with Crippen molar-refractivity contribution < 1.29 is 14.3 Å². The molecule has 0 spiro atoms. The zero-order chi connectivity index (χ0) is 13.9. The third-order valence-corrected chi connectivity index (χ3v) is 4.88. The monoisotopic (exact) mass is 280 g/mol. The van der Waals surface area contributed by atoms with Crippen molar-refractivity contribution in [3.8, 4) is 0 Å². The number of urea groups is 1. The molecule has 3 fully saturated rings. The van der Waals surface area contributed by atoms with E-state index in [9.17, 15) is 9.59 Å². The van der Waals surface area contributed by atoms with E-state index in [4.69, 9.17) is 4.74 Å². The minimum atomic E-state index is 0.00454. The second-order valence-corrected chi connectivity index (χ2v) is 6.23. The summed E-state index contributed by atoms with van der Waals surface area (Å²) in [5, 5.41) is 3.07. The van der Waals surface area contributed by atoms with Gasteiger partial charge in [-0.3, -0.25) is 4.79 Å². The van der Waals surface area contributed by atoms with Crippen molar-refractivity contribution in [3.05, 3.63) is 0 Å². The van der Waals surface area contributed by atoms with Gasteiger partial charge in [0.2, 0.25) is 0 Å². The number of Topliss-reactive ketones (excluding diaryl/α,β-unsaturated/α-hetero) is 1. The number of ketones is 1. The molecule has 2 saturated heterocycles. The lowest BCUT2D eigenvalue weighted by atomic mass is 9.88. The maximum absolute atomic E-state index is 12.5. The van der Waals surface area contributed by atoms with E-state index in [2.05, 4.69) is 5.32 Å². The Kier molecular flexibility index (Phi) is 4.24. The molecule has 3 rings (SSSR count). The van der Waals surface area contributed by atoms with Gasteiger partial charge in [0.25, 0.3) is 0 Å². The number of piperidine rings is 1. The molecule has 5 nitrogen and oxygen atoms in total. The van der Waals surface area contributed by atoms with Gasteiger partial charge in [0.1, 0.15) is 5.78 Å². The van der Waals surface area contributed by atoms with Gasteiger partial charge in [0, 0.05) is 31.5 Å². The molecule has 0 aromatic rings. The first-order valence-corrected chi connectivity index (χ1v) is 7.93. The number of carbonyl (C=O) groups excluding carboxylic acids is 2. The van der Waals surface area contributed by atoms with E-state index < -0.39 is 0 Å². The third-order valence-electron chi connectivity index (χ3n) is 4.88. The van der Waals surface area contributed by atoms with Crippen molar-refractivity contribution in [1.29, 1.82) is 0 Å². The molecule has 5 heteroatoms. The molecule has 2 aliphatic heterocycles. The first-order valence-electron chi connectivity index (χ1n) is 7.93. The summed E-state index contributed by atoms with van der Waals surface area (Å²) in [6.45, 7) is 2.13. The Morgan fingerprint density at radius 2 is 2.10 bits per heavy atom. The molecule has 2 heterocycles. The summed E-state index contributed by atoms with van der Waals surface area (Å²) in [6, 6.07) is 0.273. The van der Waals surface area contributed by atoms with E-state index >= 15 is 0 Å². The first-order chi connectivity index (χ1) is 9.75. The van der Waals surface area contributed by atoms with Crippen LogP contribution in [0.4, 0.5) is 4.79 Å². The SMILES string of the molecule is O=C1CCCC1C1CCCCN1C(=O)NC1CCOC1. The van der Waals surface area contributed by atoms with Crippen LogP contribution in [0.2, 0.25) is 0 Å². The molecule has 2 amide bonds. The van der Waals surface area contributed by atoms with Crippen LogP contribution in [0.3, 0.4) is 0 Å². The summed E-state index contributed by atoms with van der Waals surface area (Å²) in [7, 11) is 0. The lowest BCUT2D eigenvalue weighted by molar-refractivity contribution is -0.122. The van der Waals surface area contributed by atoms with Crippen LogP contribution in [-0.2, 0) is 9.53 Å². The number of rotatable bonds is 2. The van der Waals surface area contributed by atoms with E-state index in [1.807, 2.05) is 4.90 Å². The van der Waals surface area contributed by atoms with Crippen LogP contribution in [0.25, 0.3) is 0 Å². The topological polar surface area (TPSA) is 58.6 Å². The summed E-state index contributed by atoms with van der Waals surface area (Å²) >= 11 is 0. The maximum atomic E-state index is 12.5. The van der Waals surface area contributed by atoms with Gasteiger partial charge in [0.05, 0.1) is 12.6 Å². The third kappa shape index (κ3) is 2.82. The highest BCUT2D eigenvalue weighted by Crippen LogP contribution is 2.32. The van der Waals surface area contributed by atoms with Gasteiger partial charge in [-0.2, -0.15) is 0 Å². The van der Waals surface area contributed by atoms with Crippen LogP contribution in [-0.4, -0.2) is 48.6 Å². The van der Waals surface area contributed by atoms with Crippen LogP contribution in [0.1, 0.15) is 44.9 Å². The number of hydrogen-bond acceptors (Lipinski definition) is 3. The van der Waals surface area contributed by atoms with Crippen molar-refractivity contribution in [2.45, 2.75) is 57.0 Å². The Morgan fingerprint density at radius 1 is 1.20 bits per heavy atom. The highest BCUT2D eigenvalue weighted by molar-refractivity contribution is 5.84. The van der Waals surface area contributed by atoms with Crippen molar-refractivity contribution in [2.75, 3.05) is 19.8 Å². The van der Waals surface area contributed by atoms with Crippen LogP contribution >= 0.6 is 0 Å². The van der Waals surface area contributed by atoms with Gasteiger partial charge in [-0.15, -0.1) is 0 Å². The number of likely N-dealkylation sites (tertiary alicyclic amines) is 1. The van der Waals surface area contributed by atoms with Crippen LogP contribution in [0, 0.1) is 5.92 Å². The van der Waals surface area contributed by atoms with E-state index in [1.165, 1.54) is 0 Å². The minimum absolute atomic E-state index is 0.00454. The van der Waals surface area contributed by atoms with Crippen LogP contribution < -0.4 is 5.32 Å². The zero-order valence-corrected chi connectivity index (χ0v) is 12.0. The fourth-order valence-corrected chi connectivity index (χ4v) is 3.78. The normalized spacial score (nSPS) is 34.5. The second-order valence-electron chi connectivity index (χ2n) is 6.23. The molecule has 1 N–H and O–H groups in total. The van der Waals surface area contributed by atoms with Gasteiger partial charge in [-0.05, 0) is 38.5 Å². The standard InChI is InChI=1S/C15H24N2O3/c18-14-6-3-4-12(14)13-5-1-2-8-17(13)15(19)16-11-7-9-20-10-11/h11-13H,1-10H2,(H,16,19). The molecular formula is C15H24N2O3. The smallest absolute Gasteiger partial charge is 0.317 e. The van der Waals surface area contributed by atoms with Crippen LogP contribution in [0.5, 0.6) is 0 Å².